The molecule has 162 valence electrons. The first-order valence-electron chi connectivity index (χ1n) is 10.8. The topological polar surface area (TPSA) is 63.6 Å². The molecule has 5 nitrogen and oxygen atoms in total. The molecule has 3 saturated carbocycles. The Bertz CT molecular complexity index is 809. The van der Waals surface area contributed by atoms with E-state index in [9.17, 15) is 14.6 Å². The molecule has 1 aromatic carbocycles. The first kappa shape index (κ1) is 22.8. The number of carbonyl (C=O) groups excluding carboxylic acids is 2. The lowest BCUT2D eigenvalue weighted by Crippen LogP contribution is -2.67. The van der Waals surface area contributed by atoms with E-state index in [0.29, 0.717) is 23.2 Å². The van der Waals surface area contributed by atoms with Gasteiger partial charge in [-0.25, -0.2) is 4.79 Å². The summed E-state index contributed by atoms with van der Waals surface area (Å²) in [6.07, 6.45) is 3.89. The van der Waals surface area contributed by atoms with Crippen LogP contribution >= 0.6 is 0 Å². The van der Waals surface area contributed by atoms with Gasteiger partial charge < -0.3 is 14.2 Å². The zero-order valence-corrected chi connectivity index (χ0v) is 18.6. The Morgan fingerprint density at radius 1 is 1.27 bits per heavy atom. The molecule has 4 rings (SSSR count). The average molecular weight is 411 g/mol. The Labute approximate surface area is 180 Å². The third-order valence-electron chi connectivity index (χ3n) is 7.50. The van der Waals surface area contributed by atoms with E-state index in [0.717, 1.165) is 12.0 Å². The summed E-state index contributed by atoms with van der Waals surface area (Å²) in [4.78, 5) is 24.7. The van der Waals surface area contributed by atoms with Crippen molar-refractivity contribution in [1.29, 1.82) is 0 Å². The van der Waals surface area contributed by atoms with Crippen molar-refractivity contribution < 1.29 is 23.8 Å². The van der Waals surface area contributed by atoms with Crippen LogP contribution < -0.4 is 0 Å². The van der Waals surface area contributed by atoms with E-state index in [4.69, 9.17) is 4.65 Å². The second-order valence-corrected chi connectivity index (χ2v) is 9.91. The fourth-order valence-corrected chi connectivity index (χ4v) is 5.80. The summed E-state index contributed by atoms with van der Waals surface area (Å²) in [5.74, 6) is 2.47. The monoisotopic (exact) mass is 411 g/mol. The Balaban J connectivity index is 1.66. The molecular weight excluding hydrogens is 377 g/mol. The van der Waals surface area contributed by atoms with Crippen LogP contribution in [0.25, 0.3) is 6.08 Å². The first-order valence-corrected chi connectivity index (χ1v) is 10.8. The minimum atomic E-state index is -1.33. The molecule has 3 aliphatic carbocycles. The third kappa shape index (κ3) is 4.70. The summed E-state index contributed by atoms with van der Waals surface area (Å²) in [6.45, 7) is 8.59. The van der Waals surface area contributed by atoms with Crippen LogP contribution in [-0.2, 0) is 14.2 Å². The SMILES string of the molecule is [CH2-][N+](CC(C)=O)(CC(=O)OB(O)/C=C/c1ccccc1)[C@@H]1C[C@@H]2C[C@H]([C@H]1C)C2(C)C. The molecule has 1 aromatic rings. The smallest absolute Gasteiger partial charge is 0.502 e. The fourth-order valence-electron chi connectivity index (χ4n) is 5.80. The number of Topliss-reactive ketones (excluding diaryl/α,β-unsaturated/α-hetero) is 1. The van der Waals surface area contributed by atoms with Crippen LogP contribution in [0.2, 0.25) is 0 Å². The van der Waals surface area contributed by atoms with E-state index in [1.165, 1.54) is 12.4 Å². The Hall–Kier alpha value is -1.92. The number of hydrogen-bond acceptors (Lipinski definition) is 4. The maximum atomic E-state index is 12.6. The van der Waals surface area contributed by atoms with Crippen LogP contribution in [0.15, 0.2) is 36.3 Å². The fraction of sp³-hybridized carbons (Fsp3) is 0.542. The standard InChI is InChI=1S/C24H34BNO4/c1-17(27)15-26(5,22-14-20-13-21(18(22)2)24(20,3)4)16-23(28)30-25(29)12-11-19-9-7-6-8-10-19/h6-12,18,20-22,29H,5,13-16H2,1-4H3/b12-11+/t18-,20+,21-,22-,26?/m1/s1. The van der Waals surface area contributed by atoms with Crippen molar-refractivity contribution in [2.24, 2.45) is 23.2 Å². The van der Waals surface area contributed by atoms with Gasteiger partial charge in [0.05, 0.1) is 6.04 Å². The molecule has 0 amide bonds. The van der Waals surface area contributed by atoms with Crippen molar-refractivity contribution in [3.63, 3.8) is 0 Å². The molecule has 0 heterocycles. The number of ketones is 1. The van der Waals surface area contributed by atoms with E-state index in [1.807, 2.05) is 30.3 Å². The molecule has 30 heavy (non-hydrogen) atoms. The zero-order chi connectivity index (χ0) is 22.1. The van der Waals surface area contributed by atoms with Crippen LogP contribution in [-0.4, -0.2) is 47.5 Å². The van der Waals surface area contributed by atoms with Crippen molar-refractivity contribution in [2.75, 3.05) is 13.1 Å². The van der Waals surface area contributed by atoms with Crippen molar-refractivity contribution in [2.45, 2.75) is 46.6 Å². The zero-order valence-electron chi connectivity index (χ0n) is 18.6. The number of benzene rings is 1. The highest BCUT2D eigenvalue weighted by Crippen LogP contribution is 2.62. The molecule has 0 aliphatic heterocycles. The number of fused-ring (bicyclic) bond motifs is 2. The lowest BCUT2D eigenvalue weighted by atomic mass is 9.44. The normalized spacial score (nSPS) is 29.0. The highest BCUT2D eigenvalue weighted by molar-refractivity contribution is 6.52. The molecule has 0 radical (unpaired) electrons. The second kappa shape index (κ2) is 8.68. The number of quaternary nitrogens is 1. The predicted molar refractivity (Wildman–Crippen MR) is 119 cm³/mol. The molecular formula is C24H34BNO4. The Morgan fingerprint density at radius 2 is 1.93 bits per heavy atom. The van der Waals surface area contributed by atoms with Crippen molar-refractivity contribution >= 4 is 24.9 Å². The Morgan fingerprint density at radius 3 is 2.50 bits per heavy atom. The summed E-state index contributed by atoms with van der Waals surface area (Å²) in [6, 6.07) is 9.62. The van der Waals surface area contributed by atoms with Gasteiger partial charge in [0.15, 0.2) is 12.3 Å². The highest BCUT2D eigenvalue weighted by atomic mass is 16.6. The molecule has 0 spiro atoms. The van der Waals surface area contributed by atoms with Crippen LogP contribution in [0.4, 0.5) is 0 Å². The van der Waals surface area contributed by atoms with Gasteiger partial charge in [-0.3, -0.25) is 4.79 Å². The summed E-state index contributed by atoms with van der Waals surface area (Å²) < 4.78 is 5.32. The summed E-state index contributed by atoms with van der Waals surface area (Å²) in [5, 5.41) is 10.1. The van der Waals surface area contributed by atoms with Crippen LogP contribution in [0.3, 0.4) is 0 Å². The molecule has 1 N–H and O–H groups in total. The van der Waals surface area contributed by atoms with Gasteiger partial charge in [0, 0.05) is 19.3 Å². The van der Waals surface area contributed by atoms with Crippen LogP contribution in [0, 0.1) is 30.2 Å². The first-order chi connectivity index (χ1) is 14.0. The molecule has 3 aliphatic rings. The summed E-state index contributed by atoms with van der Waals surface area (Å²) in [5.41, 5.74) is 1.22. The molecule has 6 heteroatoms. The van der Waals surface area contributed by atoms with Gasteiger partial charge in [-0.05, 0) is 35.2 Å². The second-order valence-electron chi connectivity index (χ2n) is 9.91. The van der Waals surface area contributed by atoms with Gasteiger partial charge >= 0.3 is 13.1 Å². The minimum absolute atomic E-state index is 0.00743. The van der Waals surface area contributed by atoms with E-state index in [1.54, 1.807) is 13.0 Å². The van der Waals surface area contributed by atoms with Gasteiger partial charge in [-0.15, -0.1) is 7.05 Å². The van der Waals surface area contributed by atoms with Crippen molar-refractivity contribution in [3.05, 3.63) is 48.9 Å². The van der Waals surface area contributed by atoms with E-state index >= 15 is 0 Å². The van der Waals surface area contributed by atoms with Crippen LogP contribution in [0.5, 0.6) is 0 Å². The minimum Gasteiger partial charge on any atom is -0.502 e. The summed E-state index contributed by atoms with van der Waals surface area (Å²) >= 11 is 0. The van der Waals surface area contributed by atoms with E-state index < -0.39 is 13.1 Å². The number of rotatable bonds is 8. The maximum absolute atomic E-state index is 12.6. The van der Waals surface area contributed by atoms with E-state index in [-0.39, 0.29) is 29.4 Å². The van der Waals surface area contributed by atoms with Crippen molar-refractivity contribution in [1.82, 2.24) is 0 Å². The van der Waals surface area contributed by atoms with Gasteiger partial charge in [0.2, 0.25) is 0 Å². The molecule has 1 unspecified atom stereocenters. The summed E-state index contributed by atoms with van der Waals surface area (Å²) in [7, 11) is 3.01. The largest absolute Gasteiger partial charge is 0.554 e. The molecule has 0 aromatic heterocycles. The quantitative estimate of drug-likeness (QED) is 0.404. The van der Waals surface area contributed by atoms with Gasteiger partial charge in [0.1, 0.15) is 6.54 Å². The van der Waals surface area contributed by atoms with Gasteiger partial charge in [-0.2, -0.15) is 0 Å². The molecule has 2 bridgehead atoms. The van der Waals surface area contributed by atoms with Crippen molar-refractivity contribution in [3.8, 4) is 0 Å². The molecule has 3 fully saturated rings. The van der Waals surface area contributed by atoms with Crippen LogP contribution in [0.1, 0.15) is 46.1 Å². The lowest BCUT2D eigenvalue weighted by molar-refractivity contribution is -0.904. The van der Waals surface area contributed by atoms with Gasteiger partial charge in [0.25, 0.3) is 0 Å². The molecule has 0 saturated heterocycles. The maximum Gasteiger partial charge on any atom is 0.554 e. The van der Waals surface area contributed by atoms with E-state index in [2.05, 4.69) is 27.8 Å². The average Bonchev–Trinajstić information content (AvgIpc) is 2.65. The number of hydrogen-bond donors (Lipinski definition) is 1. The van der Waals surface area contributed by atoms with Gasteiger partial charge in [-0.1, -0.05) is 57.2 Å². The lowest BCUT2D eigenvalue weighted by Gasteiger charge is -2.66. The Kier molecular flexibility index (Phi) is 6.58. The molecule has 5 atom stereocenters. The predicted octanol–water partition coefficient (Wildman–Crippen LogP) is 3.53. The highest BCUT2D eigenvalue weighted by Gasteiger charge is 2.59. The number of nitrogens with zero attached hydrogens (tertiary/aromatic N) is 1. The third-order valence-corrected chi connectivity index (χ3v) is 7.50. The number of carbonyl (C=O) groups is 2.